The molecule has 3 fully saturated rings. The van der Waals surface area contributed by atoms with Crippen LogP contribution in [0.4, 0.5) is 16.3 Å². The number of urea groups is 1. The number of amides is 2. The molecule has 228 valence electrons. The lowest BCUT2D eigenvalue weighted by molar-refractivity contribution is 0.215. The molecular weight excluding hydrogens is 542 g/mol. The molecule has 0 saturated carbocycles. The molecular formula is C32H43N9O2. The highest BCUT2D eigenvalue weighted by atomic mass is 16.2. The third-order valence-corrected chi connectivity index (χ3v) is 8.94. The van der Waals surface area contributed by atoms with Crippen molar-refractivity contribution in [1.29, 1.82) is 10.8 Å². The molecule has 11 nitrogen and oxygen atoms in total. The van der Waals surface area contributed by atoms with Crippen molar-refractivity contribution in [2.45, 2.75) is 58.0 Å². The molecule has 3 aromatic rings. The van der Waals surface area contributed by atoms with Crippen molar-refractivity contribution in [3.8, 4) is 0 Å². The van der Waals surface area contributed by atoms with E-state index in [-0.39, 0.29) is 22.6 Å². The summed E-state index contributed by atoms with van der Waals surface area (Å²) in [5.41, 5.74) is 3.05. The molecule has 0 aliphatic carbocycles. The van der Waals surface area contributed by atoms with Crippen molar-refractivity contribution in [2.75, 3.05) is 49.1 Å². The van der Waals surface area contributed by atoms with Gasteiger partial charge in [0.15, 0.2) is 11.3 Å². The maximum atomic E-state index is 13.2. The molecule has 3 aliphatic heterocycles. The standard InChI is InChI=1S/C30H37N9O2.C2H6/c1-22-17-25(36-11-7-24(19-36)23-5-3-2-4-6-23)18-26(40)39(22)16-15-37-20-30(34-29(37)41)8-12-35(13-9-30)28-27(32)38(21-31)14-10-33-28;1-2/h2-6,10,14,17-18,21,24,31-32H,7-9,11-13,15-16,19-20H2,1H3,(H,34,41);1-2H3. The fraction of sp³-hybridized carbons (Fsp3) is 0.469. The van der Waals surface area contributed by atoms with Gasteiger partial charge in [0, 0.05) is 81.6 Å². The highest BCUT2D eigenvalue weighted by Crippen LogP contribution is 2.31. The fourth-order valence-corrected chi connectivity index (χ4v) is 6.55. The van der Waals surface area contributed by atoms with E-state index in [1.165, 1.54) is 10.1 Å². The Bertz CT molecular complexity index is 1560. The van der Waals surface area contributed by atoms with Gasteiger partial charge in [-0.05, 0) is 37.8 Å². The number of pyridine rings is 1. The lowest BCUT2D eigenvalue weighted by atomic mass is 9.88. The van der Waals surface area contributed by atoms with E-state index in [1.54, 1.807) is 23.0 Å². The van der Waals surface area contributed by atoms with Crippen molar-refractivity contribution in [1.82, 2.24) is 24.3 Å². The first kappa shape index (κ1) is 30.1. The van der Waals surface area contributed by atoms with E-state index in [2.05, 4.69) is 50.4 Å². The molecule has 1 aromatic carbocycles. The van der Waals surface area contributed by atoms with Crippen molar-refractivity contribution in [2.24, 2.45) is 0 Å². The average Bonchev–Trinajstić information content (AvgIpc) is 3.64. The summed E-state index contributed by atoms with van der Waals surface area (Å²) in [6, 6.07) is 14.3. The van der Waals surface area contributed by atoms with Gasteiger partial charge in [-0.2, -0.15) is 0 Å². The Balaban J connectivity index is 0.00000180. The van der Waals surface area contributed by atoms with Crippen molar-refractivity contribution < 1.29 is 4.79 Å². The van der Waals surface area contributed by atoms with Crippen molar-refractivity contribution in [3.05, 3.63) is 82.0 Å². The third-order valence-electron chi connectivity index (χ3n) is 8.94. The predicted octanol–water partition coefficient (Wildman–Crippen LogP) is 3.37. The van der Waals surface area contributed by atoms with Crippen LogP contribution >= 0.6 is 0 Å². The van der Waals surface area contributed by atoms with Crippen molar-refractivity contribution in [3.63, 3.8) is 0 Å². The van der Waals surface area contributed by atoms with E-state index in [0.29, 0.717) is 44.5 Å². The van der Waals surface area contributed by atoms with Crippen LogP contribution in [0, 0.1) is 17.7 Å². The van der Waals surface area contributed by atoms with E-state index < -0.39 is 0 Å². The number of nitrogens with one attached hydrogen (secondary N) is 3. The number of anilines is 2. The Labute approximate surface area is 252 Å². The van der Waals surface area contributed by atoms with Crippen LogP contribution < -0.4 is 26.2 Å². The average molecular weight is 586 g/mol. The largest absolute Gasteiger partial charge is 0.371 e. The lowest BCUT2D eigenvalue weighted by Crippen LogP contribution is -2.53. The minimum atomic E-state index is -0.322. The van der Waals surface area contributed by atoms with Gasteiger partial charge in [0.2, 0.25) is 0 Å². The second-order valence-corrected chi connectivity index (χ2v) is 11.4. The minimum Gasteiger partial charge on any atom is -0.371 e. The zero-order valence-electron chi connectivity index (χ0n) is 25.4. The molecule has 0 radical (unpaired) electrons. The number of aryl methyl sites for hydroxylation is 1. The number of aromatic nitrogens is 3. The van der Waals surface area contributed by atoms with E-state index in [0.717, 1.165) is 50.1 Å². The first-order valence-corrected chi connectivity index (χ1v) is 15.3. The molecule has 3 N–H and O–H groups in total. The number of hydrogen-bond donors (Lipinski definition) is 3. The number of hydrogen-bond acceptors (Lipinski definition) is 7. The summed E-state index contributed by atoms with van der Waals surface area (Å²) < 4.78 is 3.19. The molecule has 11 heteroatoms. The van der Waals surface area contributed by atoms with Gasteiger partial charge in [-0.1, -0.05) is 44.2 Å². The molecule has 1 atom stereocenters. The van der Waals surface area contributed by atoms with E-state index >= 15 is 0 Å². The molecule has 43 heavy (non-hydrogen) atoms. The zero-order chi connectivity index (χ0) is 30.6. The summed E-state index contributed by atoms with van der Waals surface area (Å²) in [5, 5.41) is 19.0. The topological polar surface area (TPSA) is 126 Å². The third kappa shape index (κ3) is 6.21. The molecule has 3 saturated heterocycles. The quantitative estimate of drug-likeness (QED) is 0.290. The summed E-state index contributed by atoms with van der Waals surface area (Å²) in [5.74, 6) is 1.03. The van der Waals surface area contributed by atoms with Gasteiger partial charge in [-0.15, -0.1) is 0 Å². The number of carbonyl (C=O) groups is 1. The maximum Gasteiger partial charge on any atom is 0.318 e. The van der Waals surface area contributed by atoms with Crippen LogP contribution in [0.2, 0.25) is 0 Å². The Morgan fingerprint density at radius 1 is 1.05 bits per heavy atom. The van der Waals surface area contributed by atoms with Crippen LogP contribution in [0.3, 0.4) is 0 Å². The van der Waals surface area contributed by atoms with E-state index in [9.17, 15) is 9.59 Å². The number of benzene rings is 1. The SMILES string of the molecule is CC.Cc1cc(N2CCC(c3ccccc3)C2)cc(=O)n1CCN1CC2(CCN(c3nccn(C=N)c3=N)CC2)NC1=O. The van der Waals surface area contributed by atoms with Crippen LogP contribution in [0.1, 0.15) is 50.3 Å². The van der Waals surface area contributed by atoms with Gasteiger partial charge < -0.3 is 24.6 Å². The zero-order valence-corrected chi connectivity index (χ0v) is 25.4. The Kier molecular flexibility index (Phi) is 8.98. The van der Waals surface area contributed by atoms with E-state index in [4.69, 9.17) is 10.8 Å². The molecule has 2 aromatic heterocycles. The van der Waals surface area contributed by atoms with Gasteiger partial charge in [0.25, 0.3) is 5.56 Å². The van der Waals surface area contributed by atoms with Crippen molar-refractivity contribution >= 4 is 23.9 Å². The van der Waals surface area contributed by atoms with Crippen LogP contribution in [0.15, 0.2) is 59.7 Å². The van der Waals surface area contributed by atoms with Gasteiger partial charge in [0.05, 0.1) is 11.9 Å². The molecule has 0 bridgehead atoms. The summed E-state index contributed by atoms with van der Waals surface area (Å²) in [6.07, 6.45) is 6.85. The molecule has 6 rings (SSSR count). The first-order valence-electron chi connectivity index (χ1n) is 15.3. The lowest BCUT2D eigenvalue weighted by Gasteiger charge is -2.39. The minimum absolute atomic E-state index is 0.0329. The Morgan fingerprint density at radius 2 is 1.79 bits per heavy atom. The second-order valence-electron chi connectivity index (χ2n) is 11.4. The molecule has 1 spiro atoms. The normalized spacial score (nSPS) is 19.3. The summed E-state index contributed by atoms with van der Waals surface area (Å²) in [7, 11) is 0. The van der Waals surface area contributed by atoms with Crippen LogP contribution in [0.5, 0.6) is 0 Å². The monoisotopic (exact) mass is 585 g/mol. The maximum absolute atomic E-state index is 13.2. The number of rotatable bonds is 7. The van der Waals surface area contributed by atoms with Gasteiger partial charge in [-0.25, -0.2) is 9.78 Å². The Morgan fingerprint density at radius 3 is 2.49 bits per heavy atom. The molecule has 2 amide bonds. The van der Waals surface area contributed by atoms with Crippen LogP contribution in [0.25, 0.3) is 0 Å². The van der Waals surface area contributed by atoms with Crippen LogP contribution in [-0.2, 0) is 6.54 Å². The number of piperidine rings is 1. The summed E-state index contributed by atoms with van der Waals surface area (Å²) >= 11 is 0. The number of carbonyl (C=O) groups excluding carboxylic acids is 1. The van der Waals surface area contributed by atoms with Gasteiger partial charge >= 0.3 is 6.03 Å². The smallest absolute Gasteiger partial charge is 0.318 e. The molecule has 3 aliphatic rings. The van der Waals surface area contributed by atoms with Crippen LogP contribution in [-0.4, -0.2) is 76.2 Å². The summed E-state index contributed by atoms with van der Waals surface area (Å²) in [6.45, 7) is 10.6. The number of nitrogens with zero attached hydrogens (tertiary/aromatic N) is 6. The first-order chi connectivity index (χ1) is 20.9. The van der Waals surface area contributed by atoms with E-state index in [1.807, 2.05) is 31.7 Å². The second kappa shape index (κ2) is 12.8. The molecule has 5 heterocycles. The summed E-state index contributed by atoms with van der Waals surface area (Å²) in [4.78, 5) is 36.7. The fourth-order valence-electron chi connectivity index (χ4n) is 6.55. The van der Waals surface area contributed by atoms with Gasteiger partial charge in [0.1, 0.15) is 0 Å². The Hall–Kier alpha value is -4.41. The molecule has 1 unspecified atom stereocenters. The van der Waals surface area contributed by atoms with Gasteiger partial charge in [-0.3, -0.25) is 20.2 Å². The predicted molar refractivity (Wildman–Crippen MR) is 169 cm³/mol. The highest BCUT2D eigenvalue weighted by Gasteiger charge is 2.44. The highest BCUT2D eigenvalue weighted by molar-refractivity contribution is 5.78.